The van der Waals surface area contributed by atoms with Crippen molar-refractivity contribution in [2.45, 2.75) is 52.1 Å². The predicted molar refractivity (Wildman–Crippen MR) is 137 cm³/mol. The van der Waals surface area contributed by atoms with Crippen LogP contribution in [0, 0.1) is 12.7 Å². The highest BCUT2D eigenvalue weighted by molar-refractivity contribution is 6.30. The fraction of sp³-hybridized carbons (Fsp3) is 0.370. The molecule has 1 saturated heterocycles. The molecule has 2 heterocycles. The Morgan fingerprint density at radius 2 is 1.78 bits per heavy atom. The van der Waals surface area contributed by atoms with Crippen LogP contribution in [0.15, 0.2) is 48.7 Å². The number of aryl methyl sites for hydroxylation is 1. The summed E-state index contributed by atoms with van der Waals surface area (Å²) < 4.78 is 21.3. The maximum atomic E-state index is 14.0. The summed E-state index contributed by atoms with van der Waals surface area (Å²) in [5.41, 5.74) is 2.22. The van der Waals surface area contributed by atoms with Gasteiger partial charge in [-0.15, -0.1) is 0 Å². The number of nitrogens with one attached hydrogen (secondary N) is 1. The van der Waals surface area contributed by atoms with Crippen LogP contribution in [0.1, 0.15) is 61.1 Å². The van der Waals surface area contributed by atoms with Gasteiger partial charge < -0.3 is 15.0 Å². The van der Waals surface area contributed by atoms with E-state index in [0.29, 0.717) is 47.8 Å². The van der Waals surface area contributed by atoms with Gasteiger partial charge in [0.05, 0.1) is 23.1 Å². The normalized spacial score (nSPS) is 14.6. The summed E-state index contributed by atoms with van der Waals surface area (Å²) in [5, 5.41) is 7.91. The first-order chi connectivity index (χ1) is 17.0. The lowest BCUT2D eigenvalue weighted by Gasteiger charge is -2.34. The van der Waals surface area contributed by atoms with E-state index in [1.54, 1.807) is 40.8 Å². The molecule has 0 aliphatic carbocycles. The van der Waals surface area contributed by atoms with Gasteiger partial charge in [0.1, 0.15) is 11.4 Å². The number of ether oxygens (including phenoxy) is 1. The zero-order valence-electron chi connectivity index (χ0n) is 20.8. The lowest BCUT2D eigenvalue weighted by Crippen LogP contribution is -2.41. The molecule has 4 rings (SSSR count). The Hall–Kier alpha value is -3.39. The molecular weight excluding hydrogens is 483 g/mol. The van der Waals surface area contributed by atoms with Crippen LogP contribution in [0.5, 0.6) is 0 Å². The van der Waals surface area contributed by atoms with E-state index in [2.05, 4.69) is 10.4 Å². The summed E-state index contributed by atoms with van der Waals surface area (Å²) in [6.45, 7) is 8.18. The Bertz CT molecular complexity index is 1260. The lowest BCUT2D eigenvalue weighted by atomic mass is 9.90. The second-order valence-corrected chi connectivity index (χ2v) is 10.4. The molecule has 0 bridgehead atoms. The Morgan fingerprint density at radius 1 is 1.11 bits per heavy atom. The quantitative estimate of drug-likeness (QED) is 0.442. The van der Waals surface area contributed by atoms with Gasteiger partial charge in [0.2, 0.25) is 0 Å². The van der Waals surface area contributed by atoms with Crippen molar-refractivity contribution in [3.8, 4) is 5.69 Å². The van der Waals surface area contributed by atoms with E-state index in [1.165, 1.54) is 12.3 Å². The highest BCUT2D eigenvalue weighted by atomic mass is 35.5. The molecule has 1 aliphatic rings. The Morgan fingerprint density at radius 3 is 2.39 bits per heavy atom. The van der Waals surface area contributed by atoms with Gasteiger partial charge in [0, 0.05) is 29.7 Å². The number of hydrogen-bond acceptors (Lipinski definition) is 4. The third-order valence-electron chi connectivity index (χ3n) is 6.09. The number of hydrogen-bond donors (Lipinski definition) is 1. The first-order valence-electron chi connectivity index (χ1n) is 11.9. The van der Waals surface area contributed by atoms with E-state index in [0.717, 1.165) is 11.4 Å². The minimum Gasteiger partial charge on any atom is -0.444 e. The minimum atomic E-state index is -0.568. The highest BCUT2D eigenvalue weighted by Gasteiger charge is 2.32. The van der Waals surface area contributed by atoms with Crippen molar-refractivity contribution in [2.24, 2.45) is 0 Å². The van der Waals surface area contributed by atoms with Crippen molar-refractivity contribution in [1.82, 2.24) is 14.7 Å². The number of benzene rings is 2. The molecule has 0 saturated carbocycles. The predicted octanol–water partition coefficient (Wildman–Crippen LogP) is 6.34. The summed E-state index contributed by atoms with van der Waals surface area (Å²) in [4.78, 5) is 27.5. The SMILES string of the molecule is Cc1ccc(NC(=O)c2cnn(-c3ccc(Cl)cc3)c2C2CCN(C(=O)OC(C)(C)C)CC2)cc1F. The number of likely N-dealkylation sites (tertiary alicyclic amines) is 1. The third kappa shape index (κ3) is 5.87. The summed E-state index contributed by atoms with van der Waals surface area (Å²) in [7, 11) is 0. The molecule has 7 nitrogen and oxygen atoms in total. The van der Waals surface area contributed by atoms with Crippen LogP contribution in [0.2, 0.25) is 5.02 Å². The van der Waals surface area contributed by atoms with Gasteiger partial charge in [-0.3, -0.25) is 4.79 Å². The second-order valence-electron chi connectivity index (χ2n) is 9.99. The Balaban J connectivity index is 1.61. The molecular formula is C27H30ClFN4O3. The van der Waals surface area contributed by atoms with Crippen molar-refractivity contribution in [2.75, 3.05) is 18.4 Å². The summed E-state index contributed by atoms with van der Waals surface area (Å²) >= 11 is 6.08. The molecule has 2 aromatic carbocycles. The van der Waals surface area contributed by atoms with Crippen LogP contribution in [-0.2, 0) is 4.74 Å². The van der Waals surface area contributed by atoms with Gasteiger partial charge in [-0.05, 0) is 82.5 Å². The van der Waals surface area contributed by atoms with E-state index in [9.17, 15) is 14.0 Å². The minimum absolute atomic E-state index is 0.0302. The number of amides is 2. The molecule has 2 amide bonds. The van der Waals surface area contributed by atoms with Crippen LogP contribution in [0.4, 0.5) is 14.9 Å². The van der Waals surface area contributed by atoms with Gasteiger partial charge in [0.25, 0.3) is 5.91 Å². The molecule has 1 aromatic heterocycles. The van der Waals surface area contributed by atoms with Crippen molar-refractivity contribution in [3.63, 3.8) is 0 Å². The standard InChI is InChI=1S/C27H30ClFN4O3/c1-17-5-8-20(15-23(17)29)31-25(34)22-16-30-33(21-9-6-19(28)7-10-21)24(22)18-11-13-32(14-12-18)26(35)36-27(2,3)4/h5-10,15-16,18H,11-14H2,1-4H3,(H,31,34). The molecule has 3 aromatic rings. The molecule has 9 heteroatoms. The van der Waals surface area contributed by atoms with Crippen LogP contribution in [0.25, 0.3) is 5.69 Å². The molecule has 0 atom stereocenters. The zero-order valence-corrected chi connectivity index (χ0v) is 21.6. The molecule has 0 spiro atoms. The van der Waals surface area contributed by atoms with Gasteiger partial charge >= 0.3 is 6.09 Å². The van der Waals surface area contributed by atoms with E-state index >= 15 is 0 Å². The number of nitrogens with zero attached hydrogens (tertiary/aromatic N) is 3. The zero-order chi connectivity index (χ0) is 26.0. The smallest absolute Gasteiger partial charge is 0.410 e. The van der Waals surface area contributed by atoms with E-state index in [4.69, 9.17) is 16.3 Å². The summed E-state index contributed by atoms with van der Waals surface area (Å²) in [6, 6.07) is 11.8. The number of piperidine rings is 1. The number of aromatic nitrogens is 2. The van der Waals surface area contributed by atoms with Crippen LogP contribution < -0.4 is 5.32 Å². The van der Waals surface area contributed by atoms with Gasteiger partial charge in [-0.1, -0.05) is 17.7 Å². The highest BCUT2D eigenvalue weighted by Crippen LogP contribution is 2.33. The maximum Gasteiger partial charge on any atom is 0.410 e. The molecule has 0 radical (unpaired) electrons. The third-order valence-corrected chi connectivity index (χ3v) is 6.34. The van der Waals surface area contributed by atoms with Crippen molar-refractivity contribution in [3.05, 3.63) is 76.3 Å². The largest absolute Gasteiger partial charge is 0.444 e. The first-order valence-corrected chi connectivity index (χ1v) is 12.3. The number of carbonyl (C=O) groups is 2. The molecule has 1 N–H and O–H groups in total. The monoisotopic (exact) mass is 512 g/mol. The summed E-state index contributed by atoms with van der Waals surface area (Å²) in [5.74, 6) is -0.792. The van der Waals surface area contributed by atoms with Crippen molar-refractivity contribution < 1.29 is 18.7 Å². The van der Waals surface area contributed by atoms with Gasteiger partial charge in [-0.25, -0.2) is 13.9 Å². The Kier molecular flexibility index (Phi) is 7.36. The molecule has 1 fully saturated rings. The molecule has 36 heavy (non-hydrogen) atoms. The fourth-order valence-corrected chi connectivity index (χ4v) is 4.37. The number of rotatable bonds is 4. The molecule has 1 aliphatic heterocycles. The lowest BCUT2D eigenvalue weighted by molar-refractivity contribution is 0.0203. The first kappa shape index (κ1) is 25.7. The fourth-order valence-electron chi connectivity index (χ4n) is 4.24. The van der Waals surface area contributed by atoms with Crippen LogP contribution in [0.3, 0.4) is 0 Å². The van der Waals surface area contributed by atoms with Crippen molar-refractivity contribution in [1.29, 1.82) is 0 Å². The van der Waals surface area contributed by atoms with Crippen molar-refractivity contribution >= 4 is 29.3 Å². The van der Waals surface area contributed by atoms with Gasteiger partial charge in [0.15, 0.2) is 0 Å². The Labute approximate surface area is 215 Å². The average Bonchev–Trinajstić information content (AvgIpc) is 3.26. The van der Waals surface area contributed by atoms with E-state index in [-0.39, 0.29) is 23.7 Å². The second kappa shape index (κ2) is 10.3. The number of halogens is 2. The number of anilines is 1. The topological polar surface area (TPSA) is 76.5 Å². The van der Waals surface area contributed by atoms with Gasteiger partial charge in [-0.2, -0.15) is 5.10 Å². The molecule has 190 valence electrons. The van der Waals surface area contributed by atoms with E-state index in [1.807, 2.05) is 32.9 Å². The van der Waals surface area contributed by atoms with E-state index < -0.39 is 5.60 Å². The number of carbonyl (C=O) groups excluding carboxylic acids is 2. The summed E-state index contributed by atoms with van der Waals surface area (Å²) in [6.07, 6.45) is 2.46. The maximum absolute atomic E-state index is 14.0. The van der Waals surface area contributed by atoms with Crippen LogP contribution in [-0.4, -0.2) is 45.4 Å². The van der Waals surface area contributed by atoms with Crippen LogP contribution >= 0.6 is 11.6 Å². The molecule has 0 unspecified atom stereocenters. The average molecular weight is 513 g/mol.